The molecule has 0 radical (unpaired) electrons. The van der Waals surface area contributed by atoms with Gasteiger partial charge in [-0.05, 0) is 36.6 Å². The number of aliphatic carboxylic acids is 1. The number of carboxylic acids is 1. The fourth-order valence-electron chi connectivity index (χ4n) is 3.03. The number of ether oxygens (including phenoxy) is 2. The monoisotopic (exact) mass is 355 g/mol. The van der Waals surface area contributed by atoms with Crippen LogP contribution in [0.3, 0.4) is 0 Å². The molecule has 1 aliphatic carbocycles. The van der Waals surface area contributed by atoms with Gasteiger partial charge >= 0.3 is 5.97 Å². The van der Waals surface area contributed by atoms with Crippen LogP contribution in [0, 0.1) is 0 Å². The molecule has 1 aliphatic rings. The van der Waals surface area contributed by atoms with Crippen molar-refractivity contribution in [3.63, 3.8) is 0 Å². The second-order valence-electron chi connectivity index (χ2n) is 6.29. The minimum Gasteiger partial charge on any atom is -0.496 e. The summed E-state index contributed by atoms with van der Waals surface area (Å²) < 4.78 is 10.6. The van der Waals surface area contributed by atoms with Crippen LogP contribution in [-0.4, -0.2) is 30.7 Å². The fourth-order valence-corrected chi connectivity index (χ4v) is 3.03. The van der Waals surface area contributed by atoms with Crippen LogP contribution in [0.5, 0.6) is 11.5 Å². The van der Waals surface area contributed by atoms with Crippen molar-refractivity contribution in [2.75, 3.05) is 13.7 Å². The summed E-state index contributed by atoms with van der Waals surface area (Å²) >= 11 is 0. The van der Waals surface area contributed by atoms with Gasteiger partial charge in [-0.15, -0.1) is 0 Å². The van der Waals surface area contributed by atoms with Crippen molar-refractivity contribution >= 4 is 11.9 Å². The third kappa shape index (κ3) is 3.79. The number of hydrogen-bond acceptors (Lipinski definition) is 4. The molecule has 0 bridgehead atoms. The molecule has 0 aromatic heterocycles. The summed E-state index contributed by atoms with van der Waals surface area (Å²) in [5, 5.41) is 11.7. The number of benzene rings is 2. The lowest BCUT2D eigenvalue weighted by molar-refractivity contribution is -0.139. The molecule has 0 atom stereocenters. The van der Waals surface area contributed by atoms with Crippen molar-refractivity contribution < 1.29 is 24.2 Å². The van der Waals surface area contributed by atoms with Crippen molar-refractivity contribution in [3.05, 3.63) is 59.7 Å². The Balaban J connectivity index is 1.66. The van der Waals surface area contributed by atoms with Gasteiger partial charge in [0.15, 0.2) is 6.61 Å². The molecule has 26 heavy (non-hydrogen) atoms. The third-order valence-electron chi connectivity index (χ3n) is 4.52. The Morgan fingerprint density at radius 1 is 1.15 bits per heavy atom. The first-order chi connectivity index (χ1) is 12.5. The van der Waals surface area contributed by atoms with E-state index in [1.807, 2.05) is 30.3 Å². The molecule has 136 valence electrons. The van der Waals surface area contributed by atoms with Crippen LogP contribution < -0.4 is 14.8 Å². The zero-order chi connectivity index (χ0) is 18.6. The maximum atomic E-state index is 12.8. The smallest absolute Gasteiger partial charge is 0.341 e. The zero-order valence-corrected chi connectivity index (χ0v) is 14.5. The maximum Gasteiger partial charge on any atom is 0.341 e. The Bertz CT molecular complexity index is 813. The molecule has 2 N–H and O–H groups in total. The lowest BCUT2D eigenvalue weighted by atomic mass is 9.94. The minimum absolute atomic E-state index is 0.0288. The number of carbonyl (C=O) groups excluding carboxylic acids is 1. The van der Waals surface area contributed by atoms with E-state index in [4.69, 9.17) is 14.6 Å². The van der Waals surface area contributed by atoms with E-state index in [-0.39, 0.29) is 5.91 Å². The highest BCUT2D eigenvalue weighted by atomic mass is 16.5. The molecule has 1 fully saturated rings. The highest BCUT2D eigenvalue weighted by molar-refractivity contribution is 5.92. The molecular weight excluding hydrogens is 334 g/mol. The van der Waals surface area contributed by atoms with E-state index in [0.717, 1.165) is 29.7 Å². The van der Waals surface area contributed by atoms with Gasteiger partial charge in [0.2, 0.25) is 5.91 Å². The first kappa shape index (κ1) is 17.8. The van der Waals surface area contributed by atoms with Gasteiger partial charge < -0.3 is 19.9 Å². The Hall–Kier alpha value is -3.02. The van der Waals surface area contributed by atoms with Crippen LogP contribution in [0.15, 0.2) is 48.5 Å². The second kappa shape index (κ2) is 7.47. The average molecular weight is 355 g/mol. The van der Waals surface area contributed by atoms with Crippen LogP contribution in [0.4, 0.5) is 0 Å². The largest absolute Gasteiger partial charge is 0.496 e. The van der Waals surface area contributed by atoms with E-state index in [1.54, 1.807) is 25.3 Å². The molecule has 2 aromatic rings. The molecular formula is C20H21NO5. The third-order valence-corrected chi connectivity index (χ3v) is 4.52. The quantitative estimate of drug-likeness (QED) is 0.760. The van der Waals surface area contributed by atoms with Crippen LogP contribution in [0.25, 0.3) is 0 Å². The Morgan fingerprint density at radius 2 is 1.92 bits per heavy atom. The first-order valence-corrected chi connectivity index (χ1v) is 8.40. The molecule has 1 saturated carbocycles. The van der Waals surface area contributed by atoms with Gasteiger partial charge in [-0.1, -0.05) is 30.3 Å². The number of nitrogens with one attached hydrogen (secondary N) is 1. The summed E-state index contributed by atoms with van der Waals surface area (Å²) in [5.74, 6) is 0.129. The molecule has 6 heteroatoms. The highest BCUT2D eigenvalue weighted by Gasteiger charge is 2.52. The van der Waals surface area contributed by atoms with Crippen LogP contribution in [-0.2, 0) is 21.5 Å². The lowest BCUT2D eigenvalue weighted by Gasteiger charge is -2.18. The van der Waals surface area contributed by atoms with E-state index >= 15 is 0 Å². The average Bonchev–Trinajstić information content (AvgIpc) is 3.46. The number of para-hydroxylation sites is 1. The summed E-state index contributed by atoms with van der Waals surface area (Å²) in [6.07, 6.45) is 1.59. The Kier molecular flexibility index (Phi) is 5.11. The number of methoxy groups -OCH3 is 1. The van der Waals surface area contributed by atoms with Crippen molar-refractivity contribution in [3.8, 4) is 11.5 Å². The molecule has 0 saturated heterocycles. The summed E-state index contributed by atoms with van der Waals surface area (Å²) in [4.78, 5) is 23.4. The molecule has 0 aliphatic heterocycles. The number of rotatable bonds is 8. The number of hydrogen-bond donors (Lipinski definition) is 2. The van der Waals surface area contributed by atoms with E-state index in [1.165, 1.54) is 0 Å². The van der Waals surface area contributed by atoms with Gasteiger partial charge in [0, 0.05) is 12.1 Å². The molecule has 2 aromatic carbocycles. The van der Waals surface area contributed by atoms with E-state index < -0.39 is 18.0 Å². The molecule has 3 rings (SSSR count). The van der Waals surface area contributed by atoms with Crippen LogP contribution in [0.1, 0.15) is 24.0 Å². The molecule has 0 heterocycles. The van der Waals surface area contributed by atoms with Gasteiger partial charge in [-0.2, -0.15) is 0 Å². The molecule has 0 unspecified atom stereocenters. The predicted octanol–water partition coefficient (Wildman–Crippen LogP) is 2.51. The summed E-state index contributed by atoms with van der Waals surface area (Å²) in [6, 6.07) is 14.6. The van der Waals surface area contributed by atoms with Gasteiger partial charge in [0.1, 0.15) is 11.5 Å². The number of amides is 1. The summed E-state index contributed by atoms with van der Waals surface area (Å²) in [7, 11) is 1.61. The number of carboxylic acid groups (broad SMARTS) is 1. The van der Waals surface area contributed by atoms with Crippen molar-refractivity contribution in [2.24, 2.45) is 0 Å². The lowest BCUT2D eigenvalue weighted by Crippen LogP contribution is -2.34. The second-order valence-corrected chi connectivity index (χ2v) is 6.29. The van der Waals surface area contributed by atoms with Gasteiger partial charge in [-0.3, -0.25) is 4.79 Å². The molecule has 1 amide bonds. The van der Waals surface area contributed by atoms with Gasteiger partial charge in [-0.25, -0.2) is 4.79 Å². The molecule has 0 spiro atoms. The zero-order valence-electron chi connectivity index (χ0n) is 14.5. The standard InChI is InChI=1S/C20H21NO5/c1-25-17-8-3-2-7-16(17)20(9-10-20)19(24)21-12-14-5-4-6-15(11-14)26-13-18(22)23/h2-8,11H,9-10,12-13H2,1H3,(H,21,24)(H,22,23). The molecule has 6 nitrogen and oxygen atoms in total. The van der Waals surface area contributed by atoms with E-state index in [2.05, 4.69) is 5.32 Å². The Labute approximate surface area is 151 Å². The maximum absolute atomic E-state index is 12.8. The fraction of sp³-hybridized carbons (Fsp3) is 0.300. The predicted molar refractivity (Wildman–Crippen MR) is 95.3 cm³/mol. The highest BCUT2D eigenvalue weighted by Crippen LogP contribution is 2.51. The van der Waals surface area contributed by atoms with Gasteiger partial charge in [0.25, 0.3) is 0 Å². The van der Waals surface area contributed by atoms with Crippen LogP contribution >= 0.6 is 0 Å². The van der Waals surface area contributed by atoms with E-state index in [9.17, 15) is 9.59 Å². The van der Waals surface area contributed by atoms with Crippen LogP contribution in [0.2, 0.25) is 0 Å². The number of carbonyl (C=O) groups is 2. The SMILES string of the molecule is COc1ccccc1C1(C(=O)NCc2cccc(OCC(=O)O)c2)CC1. The Morgan fingerprint density at radius 3 is 2.62 bits per heavy atom. The van der Waals surface area contributed by atoms with E-state index in [0.29, 0.717) is 12.3 Å². The first-order valence-electron chi connectivity index (χ1n) is 8.40. The summed E-state index contributed by atoms with van der Waals surface area (Å²) in [6.45, 7) is -0.0489. The normalized spacial score (nSPS) is 14.3. The summed E-state index contributed by atoms with van der Waals surface area (Å²) in [5.41, 5.74) is 1.24. The van der Waals surface area contributed by atoms with Crippen molar-refractivity contribution in [1.82, 2.24) is 5.32 Å². The van der Waals surface area contributed by atoms with Crippen molar-refractivity contribution in [1.29, 1.82) is 0 Å². The topological polar surface area (TPSA) is 84.9 Å². The minimum atomic E-state index is -1.03. The van der Waals surface area contributed by atoms with Gasteiger partial charge in [0.05, 0.1) is 12.5 Å². The van der Waals surface area contributed by atoms with Crippen molar-refractivity contribution in [2.45, 2.75) is 24.8 Å².